The first-order valence-electron chi connectivity index (χ1n) is 6.83. The molecule has 1 atom stereocenters. The van der Waals surface area contributed by atoms with Gasteiger partial charge in [0.1, 0.15) is 11.9 Å². The molecule has 4 heteroatoms. The summed E-state index contributed by atoms with van der Waals surface area (Å²) in [5, 5.41) is 7.72. The zero-order valence-corrected chi connectivity index (χ0v) is 11.2. The molecule has 1 unspecified atom stereocenters. The molecule has 100 valence electrons. The van der Waals surface area contributed by atoms with Crippen molar-refractivity contribution in [1.29, 1.82) is 0 Å². The summed E-state index contributed by atoms with van der Waals surface area (Å²) in [6, 6.07) is 10.3. The Morgan fingerprint density at radius 2 is 2.26 bits per heavy atom. The lowest BCUT2D eigenvalue weighted by Crippen LogP contribution is -2.30. The number of benzene rings is 1. The number of hydrogen-bond donors (Lipinski definition) is 1. The van der Waals surface area contributed by atoms with Gasteiger partial charge in [0.25, 0.3) is 0 Å². The van der Waals surface area contributed by atoms with Crippen LogP contribution in [0.4, 0.5) is 0 Å². The molecule has 19 heavy (non-hydrogen) atoms. The van der Waals surface area contributed by atoms with Gasteiger partial charge in [-0.2, -0.15) is 5.10 Å². The average molecular weight is 257 g/mol. The second kappa shape index (κ2) is 5.45. The number of ether oxygens (including phenoxy) is 1. The third-order valence-electron chi connectivity index (χ3n) is 3.50. The summed E-state index contributed by atoms with van der Waals surface area (Å²) in [5.41, 5.74) is 2.53. The van der Waals surface area contributed by atoms with Crippen molar-refractivity contribution >= 4 is 0 Å². The highest BCUT2D eigenvalue weighted by molar-refractivity contribution is 5.37. The first-order valence-corrected chi connectivity index (χ1v) is 6.83. The minimum absolute atomic E-state index is 0.246. The maximum absolute atomic E-state index is 5.90. The smallest absolute Gasteiger partial charge is 0.123 e. The van der Waals surface area contributed by atoms with Crippen molar-refractivity contribution in [3.63, 3.8) is 0 Å². The van der Waals surface area contributed by atoms with E-state index in [1.807, 2.05) is 23.0 Å². The number of para-hydroxylation sites is 1. The van der Waals surface area contributed by atoms with Gasteiger partial charge in [0.2, 0.25) is 0 Å². The fraction of sp³-hybridized carbons (Fsp3) is 0.400. The van der Waals surface area contributed by atoms with Crippen LogP contribution in [0.15, 0.2) is 36.5 Å². The van der Waals surface area contributed by atoms with Gasteiger partial charge in [0.05, 0.1) is 5.69 Å². The van der Waals surface area contributed by atoms with Crippen molar-refractivity contribution in [1.82, 2.24) is 15.1 Å². The Balaban J connectivity index is 1.50. The Labute approximate surface area is 113 Å². The van der Waals surface area contributed by atoms with Gasteiger partial charge in [-0.1, -0.05) is 18.2 Å². The average Bonchev–Trinajstić information content (AvgIpc) is 3.04. The van der Waals surface area contributed by atoms with Crippen LogP contribution in [-0.2, 0) is 19.5 Å². The first-order chi connectivity index (χ1) is 9.36. The summed E-state index contributed by atoms with van der Waals surface area (Å²) in [5.74, 6) is 1.04. The molecule has 1 N–H and O–H groups in total. The summed E-state index contributed by atoms with van der Waals surface area (Å²) in [6.45, 7) is 4.72. The Morgan fingerprint density at radius 1 is 1.37 bits per heavy atom. The molecule has 0 bridgehead atoms. The van der Waals surface area contributed by atoms with E-state index >= 15 is 0 Å². The maximum Gasteiger partial charge on any atom is 0.123 e. The largest absolute Gasteiger partial charge is 0.488 e. The SMILES string of the molecule is CCn1nccc1CNCC1Cc2ccccc2O1. The van der Waals surface area contributed by atoms with E-state index in [2.05, 4.69) is 35.5 Å². The highest BCUT2D eigenvalue weighted by Crippen LogP contribution is 2.27. The van der Waals surface area contributed by atoms with Gasteiger partial charge in [-0.15, -0.1) is 0 Å². The fourth-order valence-electron chi connectivity index (χ4n) is 2.52. The molecule has 1 aliphatic heterocycles. The number of nitrogens with zero attached hydrogens (tertiary/aromatic N) is 2. The van der Waals surface area contributed by atoms with Crippen LogP contribution >= 0.6 is 0 Å². The Hall–Kier alpha value is -1.81. The van der Waals surface area contributed by atoms with Crippen LogP contribution in [0.25, 0.3) is 0 Å². The first kappa shape index (κ1) is 12.2. The van der Waals surface area contributed by atoms with Crippen LogP contribution in [0.3, 0.4) is 0 Å². The molecule has 0 aliphatic carbocycles. The predicted octanol–water partition coefficient (Wildman–Crippen LogP) is 2.00. The molecule has 1 aromatic heterocycles. The van der Waals surface area contributed by atoms with Gasteiger partial charge in [-0.3, -0.25) is 4.68 Å². The van der Waals surface area contributed by atoms with Gasteiger partial charge < -0.3 is 10.1 Å². The minimum atomic E-state index is 0.246. The predicted molar refractivity (Wildman–Crippen MR) is 74.2 cm³/mol. The fourth-order valence-corrected chi connectivity index (χ4v) is 2.52. The van der Waals surface area contributed by atoms with Gasteiger partial charge >= 0.3 is 0 Å². The zero-order chi connectivity index (χ0) is 13.1. The van der Waals surface area contributed by atoms with Gasteiger partial charge in [-0.05, 0) is 24.6 Å². The number of rotatable bonds is 5. The van der Waals surface area contributed by atoms with Crippen LogP contribution in [-0.4, -0.2) is 22.4 Å². The quantitative estimate of drug-likeness (QED) is 0.890. The molecular formula is C15H19N3O. The molecule has 0 amide bonds. The number of hydrogen-bond acceptors (Lipinski definition) is 3. The summed E-state index contributed by atoms with van der Waals surface area (Å²) in [7, 11) is 0. The lowest BCUT2D eigenvalue weighted by molar-refractivity contribution is 0.227. The van der Waals surface area contributed by atoms with E-state index in [-0.39, 0.29) is 6.10 Å². The van der Waals surface area contributed by atoms with Crippen molar-refractivity contribution in [3.05, 3.63) is 47.8 Å². The number of fused-ring (bicyclic) bond motifs is 1. The Morgan fingerprint density at radius 3 is 3.11 bits per heavy atom. The number of nitrogens with one attached hydrogen (secondary N) is 1. The molecule has 2 aromatic rings. The monoisotopic (exact) mass is 257 g/mol. The lowest BCUT2D eigenvalue weighted by atomic mass is 10.1. The minimum Gasteiger partial charge on any atom is -0.488 e. The summed E-state index contributed by atoms with van der Waals surface area (Å²) < 4.78 is 7.91. The highest BCUT2D eigenvalue weighted by atomic mass is 16.5. The molecule has 3 rings (SSSR count). The number of aryl methyl sites for hydroxylation is 1. The molecule has 1 aromatic carbocycles. The van der Waals surface area contributed by atoms with E-state index < -0.39 is 0 Å². The van der Waals surface area contributed by atoms with Gasteiger partial charge in [0, 0.05) is 32.3 Å². The highest BCUT2D eigenvalue weighted by Gasteiger charge is 2.21. The maximum atomic E-state index is 5.90. The van der Waals surface area contributed by atoms with E-state index in [0.717, 1.165) is 31.8 Å². The van der Waals surface area contributed by atoms with Crippen LogP contribution in [0.2, 0.25) is 0 Å². The summed E-state index contributed by atoms with van der Waals surface area (Å²) in [4.78, 5) is 0. The second-order valence-corrected chi connectivity index (χ2v) is 4.82. The molecule has 4 nitrogen and oxygen atoms in total. The van der Waals surface area contributed by atoms with E-state index in [1.54, 1.807) is 0 Å². The van der Waals surface area contributed by atoms with E-state index in [9.17, 15) is 0 Å². The van der Waals surface area contributed by atoms with E-state index in [0.29, 0.717) is 0 Å². The lowest BCUT2D eigenvalue weighted by Gasteiger charge is -2.12. The van der Waals surface area contributed by atoms with Crippen LogP contribution < -0.4 is 10.1 Å². The van der Waals surface area contributed by atoms with Crippen molar-refractivity contribution in [3.8, 4) is 5.75 Å². The molecule has 0 fully saturated rings. The molecule has 2 heterocycles. The molecule has 0 radical (unpaired) electrons. The van der Waals surface area contributed by atoms with Crippen LogP contribution in [0.1, 0.15) is 18.2 Å². The van der Waals surface area contributed by atoms with Crippen LogP contribution in [0.5, 0.6) is 5.75 Å². The van der Waals surface area contributed by atoms with Crippen molar-refractivity contribution in [2.75, 3.05) is 6.54 Å². The van der Waals surface area contributed by atoms with E-state index in [4.69, 9.17) is 4.74 Å². The van der Waals surface area contributed by atoms with E-state index in [1.165, 1.54) is 11.3 Å². The Kier molecular flexibility index (Phi) is 3.51. The molecule has 0 saturated heterocycles. The number of aromatic nitrogens is 2. The molecule has 0 saturated carbocycles. The third kappa shape index (κ3) is 2.63. The zero-order valence-electron chi connectivity index (χ0n) is 11.2. The standard InChI is InChI=1S/C15H19N3O/c1-2-18-13(7-8-17-18)10-16-11-14-9-12-5-3-4-6-15(12)19-14/h3-8,14,16H,2,9-11H2,1H3. The Bertz CT molecular complexity index is 525. The van der Waals surface area contributed by atoms with Crippen molar-refractivity contribution in [2.24, 2.45) is 0 Å². The third-order valence-corrected chi connectivity index (χ3v) is 3.50. The molecule has 0 spiro atoms. The van der Waals surface area contributed by atoms with Crippen molar-refractivity contribution in [2.45, 2.75) is 32.5 Å². The normalized spacial score (nSPS) is 17.2. The summed E-state index contributed by atoms with van der Waals surface area (Å²) in [6.07, 6.45) is 3.09. The van der Waals surface area contributed by atoms with Gasteiger partial charge in [0.15, 0.2) is 0 Å². The van der Waals surface area contributed by atoms with Crippen LogP contribution in [0, 0.1) is 0 Å². The van der Waals surface area contributed by atoms with Gasteiger partial charge in [-0.25, -0.2) is 0 Å². The molecular weight excluding hydrogens is 238 g/mol. The topological polar surface area (TPSA) is 39.1 Å². The second-order valence-electron chi connectivity index (χ2n) is 4.82. The summed E-state index contributed by atoms with van der Waals surface area (Å²) >= 11 is 0. The van der Waals surface area contributed by atoms with Crippen molar-refractivity contribution < 1.29 is 4.74 Å². The molecule has 1 aliphatic rings.